The summed E-state index contributed by atoms with van der Waals surface area (Å²) in [4.78, 5) is 18.0. The Balaban J connectivity index is 1.40. The summed E-state index contributed by atoms with van der Waals surface area (Å²) in [6, 6.07) is 7.24. The van der Waals surface area contributed by atoms with Crippen LogP contribution in [0.1, 0.15) is 12.0 Å². The quantitative estimate of drug-likeness (QED) is 0.814. The average Bonchev–Trinajstić information content (AvgIpc) is 3.16. The molecule has 0 radical (unpaired) electrons. The smallest absolute Gasteiger partial charge is 0.315 e. The molecule has 27 heavy (non-hydrogen) atoms. The van der Waals surface area contributed by atoms with Crippen molar-refractivity contribution in [2.45, 2.75) is 13.0 Å². The normalized spacial score (nSPS) is 16.3. The summed E-state index contributed by atoms with van der Waals surface area (Å²) in [5.41, 5.74) is 1.53. The third-order valence-corrected chi connectivity index (χ3v) is 4.57. The Kier molecular flexibility index (Phi) is 6.05. The minimum atomic E-state index is -0.847. The first-order chi connectivity index (χ1) is 13.0. The van der Waals surface area contributed by atoms with Crippen LogP contribution >= 0.6 is 0 Å². The van der Waals surface area contributed by atoms with Crippen molar-refractivity contribution in [1.82, 2.24) is 15.6 Å². The highest BCUT2D eigenvalue weighted by molar-refractivity contribution is 5.73. The van der Waals surface area contributed by atoms with Crippen LogP contribution < -0.4 is 20.3 Å². The SMILES string of the molecule is COc1ccc(CNC(=O)NC[C@H]2CCN(c3ccc(F)c(F)c3)C2)cn1. The second-order valence-corrected chi connectivity index (χ2v) is 6.47. The predicted molar refractivity (Wildman–Crippen MR) is 97.7 cm³/mol. The number of carbonyl (C=O) groups is 1. The molecular weight excluding hydrogens is 354 g/mol. The van der Waals surface area contributed by atoms with Crippen LogP contribution in [-0.4, -0.2) is 37.8 Å². The molecule has 0 bridgehead atoms. The van der Waals surface area contributed by atoms with E-state index in [0.29, 0.717) is 31.2 Å². The topological polar surface area (TPSA) is 66.5 Å². The number of rotatable bonds is 6. The maximum absolute atomic E-state index is 13.4. The van der Waals surface area contributed by atoms with Crippen molar-refractivity contribution in [2.24, 2.45) is 5.92 Å². The van der Waals surface area contributed by atoms with E-state index in [1.165, 1.54) is 6.07 Å². The van der Waals surface area contributed by atoms with Crippen LogP contribution in [0, 0.1) is 17.6 Å². The summed E-state index contributed by atoms with van der Waals surface area (Å²) in [7, 11) is 1.55. The molecule has 0 unspecified atom stereocenters. The van der Waals surface area contributed by atoms with E-state index in [-0.39, 0.29) is 11.9 Å². The number of hydrogen-bond donors (Lipinski definition) is 2. The van der Waals surface area contributed by atoms with E-state index in [1.54, 1.807) is 25.4 Å². The summed E-state index contributed by atoms with van der Waals surface area (Å²) in [6.45, 7) is 2.33. The number of nitrogens with zero attached hydrogens (tertiary/aromatic N) is 2. The van der Waals surface area contributed by atoms with Crippen LogP contribution in [0.15, 0.2) is 36.5 Å². The van der Waals surface area contributed by atoms with Gasteiger partial charge in [0.1, 0.15) is 0 Å². The molecule has 3 rings (SSSR count). The Labute approximate surface area is 156 Å². The Morgan fingerprint density at radius 3 is 2.81 bits per heavy atom. The van der Waals surface area contributed by atoms with Crippen molar-refractivity contribution in [1.29, 1.82) is 0 Å². The summed E-state index contributed by atoms with van der Waals surface area (Å²) in [5.74, 6) is -0.914. The van der Waals surface area contributed by atoms with E-state index in [2.05, 4.69) is 15.6 Å². The first kappa shape index (κ1) is 18.9. The predicted octanol–water partition coefficient (Wildman–Crippen LogP) is 2.69. The number of halogens is 2. The summed E-state index contributed by atoms with van der Waals surface area (Å²) in [6.07, 6.45) is 2.53. The van der Waals surface area contributed by atoms with E-state index in [9.17, 15) is 13.6 Å². The van der Waals surface area contributed by atoms with Gasteiger partial charge in [-0.3, -0.25) is 0 Å². The van der Waals surface area contributed by atoms with Gasteiger partial charge < -0.3 is 20.3 Å². The number of carbonyl (C=O) groups excluding carboxylic acids is 1. The van der Waals surface area contributed by atoms with Gasteiger partial charge >= 0.3 is 6.03 Å². The first-order valence-electron chi connectivity index (χ1n) is 8.76. The lowest BCUT2D eigenvalue weighted by atomic mass is 10.1. The fourth-order valence-corrected chi connectivity index (χ4v) is 3.03. The highest BCUT2D eigenvalue weighted by Crippen LogP contribution is 2.24. The number of aromatic nitrogens is 1. The Morgan fingerprint density at radius 2 is 2.11 bits per heavy atom. The largest absolute Gasteiger partial charge is 0.481 e. The first-order valence-corrected chi connectivity index (χ1v) is 8.76. The molecule has 1 fully saturated rings. The number of hydrogen-bond acceptors (Lipinski definition) is 4. The van der Waals surface area contributed by atoms with Crippen LogP contribution in [0.4, 0.5) is 19.3 Å². The van der Waals surface area contributed by atoms with Crippen molar-refractivity contribution in [2.75, 3.05) is 31.6 Å². The average molecular weight is 376 g/mol. The van der Waals surface area contributed by atoms with Gasteiger partial charge in [0, 0.05) is 50.2 Å². The molecule has 2 aromatic rings. The van der Waals surface area contributed by atoms with Gasteiger partial charge in [-0.25, -0.2) is 18.6 Å². The molecule has 1 aliphatic heterocycles. The summed E-state index contributed by atoms with van der Waals surface area (Å²) < 4.78 is 31.4. The summed E-state index contributed by atoms with van der Waals surface area (Å²) >= 11 is 0. The molecule has 1 aliphatic rings. The molecule has 2 heterocycles. The Bertz CT molecular complexity index is 786. The molecule has 6 nitrogen and oxygen atoms in total. The van der Waals surface area contributed by atoms with Gasteiger partial charge in [0.25, 0.3) is 0 Å². The molecule has 2 N–H and O–H groups in total. The number of methoxy groups -OCH3 is 1. The van der Waals surface area contributed by atoms with Crippen molar-refractivity contribution >= 4 is 11.7 Å². The number of ether oxygens (including phenoxy) is 1. The number of urea groups is 1. The second kappa shape index (κ2) is 8.66. The number of nitrogens with one attached hydrogen (secondary N) is 2. The molecule has 0 saturated carbocycles. The zero-order valence-corrected chi connectivity index (χ0v) is 15.0. The lowest BCUT2D eigenvalue weighted by molar-refractivity contribution is 0.239. The van der Waals surface area contributed by atoms with Gasteiger partial charge in [0.05, 0.1) is 7.11 Å². The maximum atomic E-state index is 13.4. The van der Waals surface area contributed by atoms with E-state index in [0.717, 1.165) is 24.6 Å². The third kappa shape index (κ3) is 5.06. The number of amides is 2. The highest BCUT2D eigenvalue weighted by Gasteiger charge is 2.23. The molecular formula is C19H22F2N4O2. The van der Waals surface area contributed by atoms with E-state index in [1.807, 2.05) is 11.0 Å². The molecule has 0 aliphatic carbocycles. The Morgan fingerprint density at radius 1 is 1.26 bits per heavy atom. The standard InChI is InChI=1S/C19H22F2N4O2/c1-27-18-5-2-13(9-22-18)10-23-19(26)24-11-14-6-7-25(12-14)15-3-4-16(20)17(21)8-15/h2-5,8-9,14H,6-7,10-12H2,1H3,(H2,23,24,26)/t14-/m1/s1. The van der Waals surface area contributed by atoms with Crippen molar-refractivity contribution in [3.05, 3.63) is 53.7 Å². The van der Waals surface area contributed by atoms with Crippen LogP contribution in [0.2, 0.25) is 0 Å². The monoisotopic (exact) mass is 376 g/mol. The van der Waals surface area contributed by atoms with E-state index >= 15 is 0 Å². The molecule has 144 valence electrons. The van der Waals surface area contributed by atoms with Crippen molar-refractivity contribution < 1.29 is 18.3 Å². The van der Waals surface area contributed by atoms with Gasteiger partial charge in [-0.1, -0.05) is 6.07 Å². The van der Waals surface area contributed by atoms with Gasteiger partial charge in [0.15, 0.2) is 11.6 Å². The van der Waals surface area contributed by atoms with Crippen molar-refractivity contribution in [3.8, 4) is 5.88 Å². The maximum Gasteiger partial charge on any atom is 0.315 e. The van der Waals surface area contributed by atoms with Gasteiger partial charge in [-0.2, -0.15) is 0 Å². The second-order valence-electron chi connectivity index (χ2n) is 6.47. The molecule has 1 saturated heterocycles. The van der Waals surface area contributed by atoms with E-state index < -0.39 is 11.6 Å². The highest BCUT2D eigenvalue weighted by atomic mass is 19.2. The van der Waals surface area contributed by atoms with Crippen LogP contribution in [-0.2, 0) is 6.54 Å². The molecule has 1 aromatic carbocycles. The van der Waals surface area contributed by atoms with Gasteiger partial charge in [-0.15, -0.1) is 0 Å². The van der Waals surface area contributed by atoms with Crippen LogP contribution in [0.25, 0.3) is 0 Å². The minimum Gasteiger partial charge on any atom is -0.481 e. The number of anilines is 1. The fraction of sp³-hybridized carbons (Fsp3) is 0.368. The van der Waals surface area contributed by atoms with E-state index in [4.69, 9.17) is 4.74 Å². The van der Waals surface area contributed by atoms with Gasteiger partial charge in [-0.05, 0) is 30.0 Å². The van der Waals surface area contributed by atoms with Crippen molar-refractivity contribution in [3.63, 3.8) is 0 Å². The zero-order valence-electron chi connectivity index (χ0n) is 15.0. The third-order valence-electron chi connectivity index (χ3n) is 4.57. The van der Waals surface area contributed by atoms with Crippen LogP contribution in [0.3, 0.4) is 0 Å². The fourth-order valence-electron chi connectivity index (χ4n) is 3.03. The lowest BCUT2D eigenvalue weighted by Gasteiger charge is -2.19. The number of pyridine rings is 1. The molecule has 8 heteroatoms. The van der Waals surface area contributed by atoms with Gasteiger partial charge in [0.2, 0.25) is 5.88 Å². The number of benzene rings is 1. The zero-order chi connectivity index (χ0) is 19.2. The molecule has 0 spiro atoms. The minimum absolute atomic E-state index is 0.253. The molecule has 1 atom stereocenters. The van der Waals surface area contributed by atoms with Crippen LogP contribution in [0.5, 0.6) is 5.88 Å². The molecule has 2 amide bonds. The Hall–Kier alpha value is -2.90. The lowest BCUT2D eigenvalue weighted by Crippen LogP contribution is -2.38. The summed E-state index contributed by atoms with van der Waals surface area (Å²) in [5, 5.41) is 5.64. The molecule has 1 aromatic heterocycles.